The second-order valence-electron chi connectivity index (χ2n) is 5.81. The molecule has 0 spiro atoms. The van der Waals surface area contributed by atoms with E-state index in [1.807, 2.05) is 34.9 Å². The molecule has 0 atom stereocenters. The molecule has 0 unspecified atom stereocenters. The third-order valence-electron chi connectivity index (χ3n) is 3.75. The lowest BCUT2D eigenvalue weighted by molar-refractivity contribution is -0.113. The molecule has 3 aromatic rings. The first-order chi connectivity index (χ1) is 13.2. The van der Waals surface area contributed by atoms with Crippen molar-refractivity contribution in [3.63, 3.8) is 0 Å². The summed E-state index contributed by atoms with van der Waals surface area (Å²) in [4.78, 5) is 12.1. The average molecular weight is 382 g/mol. The van der Waals surface area contributed by atoms with Crippen LogP contribution < -0.4 is 5.32 Å². The van der Waals surface area contributed by atoms with Crippen molar-refractivity contribution >= 4 is 23.4 Å². The van der Waals surface area contributed by atoms with Crippen molar-refractivity contribution in [1.29, 1.82) is 0 Å². The maximum absolute atomic E-state index is 13.2. The molecule has 138 valence electrons. The van der Waals surface area contributed by atoms with Crippen molar-refractivity contribution in [3.05, 3.63) is 84.5 Å². The molecular weight excluding hydrogens is 363 g/mol. The first-order valence-electron chi connectivity index (χ1n) is 8.41. The maximum atomic E-state index is 13.2. The average Bonchev–Trinajstić information content (AvgIpc) is 3.03. The van der Waals surface area contributed by atoms with Gasteiger partial charge in [0.1, 0.15) is 11.6 Å². The van der Waals surface area contributed by atoms with Gasteiger partial charge in [0.2, 0.25) is 5.91 Å². The van der Waals surface area contributed by atoms with Crippen LogP contribution in [0.15, 0.2) is 72.4 Å². The van der Waals surface area contributed by atoms with Gasteiger partial charge in [-0.3, -0.25) is 4.79 Å². The van der Waals surface area contributed by atoms with E-state index in [2.05, 4.69) is 22.1 Å². The standard InChI is InChI=1S/C20H19FN4OS/c1-2-11-25-18(12-15-7-4-3-5-8-15)23-24-20(25)27-14-19(26)22-17-10-6-9-16(21)13-17/h2-10,13H,1,11-12,14H2,(H,22,26). The van der Waals surface area contributed by atoms with E-state index in [0.29, 0.717) is 23.8 Å². The van der Waals surface area contributed by atoms with E-state index >= 15 is 0 Å². The smallest absolute Gasteiger partial charge is 0.234 e. The van der Waals surface area contributed by atoms with Gasteiger partial charge in [-0.1, -0.05) is 54.2 Å². The number of hydrogen-bond donors (Lipinski definition) is 1. The summed E-state index contributed by atoms with van der Waals surface area (Å²) in [5.41, 5.74) is 1.56. The predicted octanol–water partition coefficient (Wildman–Crippen LogP) is 3.92. The summed E-state index contributed by atoms with van der Waals surface area (Å²) in [5.74, 6) is 0.339. The van der Waals surface area contributed by atoms with Gasteiger partial charge in [-0.15, -0.1) is 16.8 Å². The fourth-order valence-electron chi connectivity index (χ4n) is 2.54. The highest BCUT2D eigenvalue weighted by Gasteiger charge is 2.14. The summed E-state index contributed by atoms with van der Waals surface area (Å²) in [6.45, 7) is 4.34. The number of hydrogen-bond acceptors (Lipinski definition) is 4. The third-order valence-corrected chi connectivity index (χ3v) is 4.72. The van der Waals surface area contributed by atoms with Crippen LogP contribution in [0.3, 0.4) is 0 Å². The minimum Gasteiger partial charge on any atom is -0.325 e. The number of thioether (sulfide) groups is 1. The lowest BCUT2D eigenvalue weighted by Gasteiger charge is -2.08. The van der Waals surface area contributed by atoms with Gasteiger partial charge in [-0.2, -0.15) is 0 Å². The highest BCUT2D eigenvalue weighted by Crippen LogP contribution is 2.19. The molecule has 0 fully saturated rings. The second kappa shape index (κ2) is 9.14. The van der Waals surface area contributed by atoms with Gasteiger partial charge < -0.3 is 9.88 Å². The molecule has 0 radical (unpaired) electrons. The molecule has 0 aliphatic rings. The molecule has 1 amide bonds. The van der Waals surface area contributed by atoms with E-state index in [4.69, 9.17) is 0 Å². The number of carbonyl (C=O) groups excluding carboxylic acids is 1. The zero-order valence-corrected chi connectivity index (χ0v) is 15.5. The Hall–Kier alpha value is -2.93. The Labute approximate surface area is 161 Å². The highest BCUT2D eigenvalue weighted by atomic mass is 32.2. The first kappa shape index (κ1) is 18.8. The van der Waals surface area contributed by atoms with Crippen LogP contribution in [0.4, 0.5) is 10.1 Å². The molecule has 0 bridgehead atoms. The molecule has 0 aliphatic carbocycles. The number of nitrogens with zero attached hydrogens (tertiary/aromatic N) is 3. The van der Waals surface area contributed by atoms with E-state index < -0.39 is 5.82 Å². The highest BCUT2D eigenvalue weighted by molar-refractivity contribution is 7.99. The Bertz CT molecular complexity index is 927. The number of benzene rings is 2. The number of allylic oxidation sites excluding steroid dienone is 1. The Balaban J connectivity index is 1.65. The van der Waals surface area contributed by atoms with Crippen LogP contribution in [0.25, 0.3) is 0 Å². The van der Waals surface area contributed by atoms with Gasteiger partial charge in [0.25, 0.3) is 0 Å². The topological polar surface area (TPSA) is 59.8 Å². The number of nitrogens with one attached hydrogen (secondary N) is 1. The van der Waals surface area contributed by atoms with Gasteiger partial charge >= 0.3 is 0 Å². The van der Waals surface area contributed by atoms with Crippen molar-refractivity contribution in [3.8, 4) is 0 Å². The molecule has 27 heavy (non-hydrogen) atoms. The normalized spacial score (nSPS) is 10.6. The number of rotatable bonds is 8. The van der Waals surface area contributed by atoms with Gasteiger partial charge in [-0.25, -0.2) is 4.39 Å². The quantitative estimate of drug-likeness (QED) is 0.474. The molecule has 0 aliphatic heterocycles. The SMILES string of the molecule is C=CCn1c(Cc2ccccc2)nnc1SCC(=O)Nc1cccc(F)c1. The summed E-state index contributed by atoms with van der Waals surface area (Å²) in [6, 6.07) is 15.8. The zero-order chi connectivity index (χ0) is 19.1. The van der Waals surface area contributed by atoms with Crippen LogP contribution in [0, 0.1) is 5.82 Å². The van der Waals surface area contributed by atoms with Crippen molar-refractivity contribution in [2.24, 2.45) is 0 Å². The molecule has 5 nitrogen and oxygen atoms in total. The second-order valence-corrected chi connectivity index (χ2v) is 6.75. The van der Waals surface area contributed by atoms with Crippen molar-refractivity contribution < 1.29 is 9.18 Å². The lowest BCUT2D eigenvalue weighted by atomic mass is 10.1. The van der Waals surface area contributed by atoms with E-state index in [1.165, 1.54) is 23.9 Å². The van der Waals surface area contributed by atoms with Crippen LogP contribution in [-0.4, -0.2) is 26.4 Å². The molecule has 7 heteroatoms. The minimum atomic E-state index is -0.392. The van der Waals surface area contributed by atoms with Gasteiger partial charge in [0, 0.05) is 18.7 Å². The largest absolute Gasteiger partial charge is 0.325 e. The molecule has 1 aromatic heterocycles. The van der Waals surface area contributed by atoms with Crippen LogP contribution in [0.2, 0.25) is 0 Å². The summed E-state index contributed by atoms with van der Waals surface area (Å²) >= 11 is 1.29. The predicted molar refractivity (Wildman–Crippen MR) is 105 cm³/mol. The van der Waals surface area contributed by atoms with E-state index in [0.717, 1.165) is 11.4 Å². The Morgan fingerprint density at radius 1 is 1.19 bits per heavy atom. The van der Waals surface area contributed by atoms with Crippen LogP contribution in [0.1, 0.15) is 11.4 Å². The van der Waals surface area contributed by atoms with Crippen molar-refractivity contribution in [1.82, 2.24) is 14.8 Å². The number of aromatic nitrogens is 3. The summed E-state index contributed by atoms with van der Waals surface area (Å²) in [7, 11) is 0. The van der Waals surface area contributed by atoms with Crippen LogP contribution >= 0.6 is 11.8 Å². The monoisotopic (exact) mass is 382 g/mol. The summed E-state index contributed by atoms with van der Waals surface area (Å²) < 4.78 is 15.1. The number of carbonyl (C=O) groups is 1. The molecule has 1 heterocycles. The number of anilines is 1. The van der Waals surface area contributed by atoms with Crippen molar-refractivity contribution in [2.45, 2.75) is 18.1 Å². The zero-order valence-electron chi connectivity index (χ0n) is 14.6. The lowest BCUT2D eigenvalue weighted by Crippen LogP contribution is -2.15. The molecule has 0 saturated carbocycles. The van der Waals surface area contributed by atoms with E-state index in [1.54, 1.807) is 18.2 Å². The first-order valence-corrected chi connectivity index (χ1v) is 9.39. The van der Waals surface area contributed by atoms with Crippen molar-refractivity contribution in [2.75, 3.05) is 11.1 Å². The van der Waals surface area contributed by atoms with Crippen LogP contribution in [0.5, 0.6) is 0 Å². The summed E-state index contributed by atoms with van der Waals surface area (Å²) in [5, 5.41) is 11.8. The van der Waals surface area contributed by atoms with Gasteiger partial charge in [-0.05, 0) is 23.8 Å². The molecular formula is C20H19FN4OS. The molecule has 2 aromatic carbocycles. The van der Waals surface area contributed by atoms with Gasteiger partial charge in [0.15, 0.2) is 5.16 Å². The Kier molecular flexibility index (Phi) is 6.38. The Morgan fingerprint density at radius 2 is 2.00 bits per heavy atom. The van der Waals surface area contributed by atoms with E-state index in [-0.39, 0.29) is 11.7 Å². The third kappa shape index (κ3) is 5.27. The van der Waals surface area contributed by atoms with Gasteiger partial charge in [0.05, 0.1) is 5.75 Å². The Morgan fingerprint density at radius 3 is 2.74 bits per heavy atom. The molecule has 0 saturated heterocycles. The van der Waals surface area contributed by atoms with E-state index in [9.17, 15) is 9.18 Å². The molecule has 1 N–H and O–H groups in total. The fourth-order valence-corrected chi connectivity index (χ4v) is 3.31. The molecule has 3 rings (SSSR count). The minimum absolute atomic E-state index is 0.150. The number of amides is 1. The van der Waals surface area contributed by atoms with Crippen LogP contribution in [-0.2, 0) is 17.8 Å². The summed E-state index contributed by atoms with van der Waals surface area (Å²) in [6.07, 6.45) is 2.42. The fraction of sp³-hybridized carbons (Fsp3) is 0.150. The number of halogens is 1. The maximum Gasteiger partial charge on any atom is 0.234 e.